The maximum atomic E-state index is 12.3. The molecule has 7 nitrogen and oxygen atoms in total. The van der Waals surface area contributed by atoms with Crippen LogP contribution in [0.1, 0.15) is 45.6 Å². The van der Waals surface area contributed by atoms with Crippen LogP contribution in [0.2, 0.25) is 0 Å². The summed E-state index contributed by atoms with van der Waals surface area (Å²) in [4.78, 5) is 14.9. The van der Waals surface area contributed by atoms with Gasteiger partial charge in [-0.2, -0.15) is 10.6 Å². The minimum absolute atomic E-state index is 0.181. The number of hydrogen-bond acceptors (Lipinski definition) is 7. The van der Waals surface area contributed by atoms with Gasteiger partial charge in [0, 0.05) is 35.6 Å². The molecule has 0 radical (unpaired) electrons. The van der Waals surface area contributed by atoms with Gasteiger partial charge < -0.3 is 23.6 Å². The summed E-state index contributed by atoms with van der Waals surface area (Å²) in [7, 11) is -1.66. The lowest BCUT2D eigenvalue weighted by atomic mass is 10.1. The fourth-order valence-corrected chi connectivity index (χ4v) is 5.01. The first-order valence-corrected chi connectivity index (χ1v) is 12.0. The Morgan fingerprint density at radius 2 is 2.29 bits per heavy atom. The van der Waals surface area contributed by atoms with E-state index >= 15 is 0 Å². The van der Waals surface area contributed by atoms with Gasteiger partial charge in [0.1, 0.15) is 11.5 Å². The number of H-pyrrole nitrogens is 1. The molecule has 3 heterocycles. The van der Waals surface area contributed by atoms with Crippen LogP contribution < -0.4 is 0 Å². The number of aliphatic imine (C=N–C) groups is 1. The van der Waals surface area contributed by atoms with Crippen molar-refractivity contribution in [2.75, 3.05) is 19.8 Å². The van der Waals surface area contributed by atoms with Gasteiger partial charge in [0.05, 0.1) is 19.3 Å². The van der Waals surface area contributed by atoms with Crippen LogP contribution in [-0.4, -0.2) is 51.1 Å². The summed E-state index contributed by atoms with van der Waals surface area (Å²) >= 11 is 0. The molecule has 4 rings (SSSR count). The Balaban J connectivity index is 1.81. The number of aromatic amines is 1. The van der Waals surface area contributed by atoms with Gasteiger partial charge in [0.25, 0.3) is 0 Å². The standard InChI is InChI=1S/C23H30N5O2S/c1-4-5-18(23(8-9-23)31(24)29)14-21(28-12-13-30-15-16(28)2)27-17(3)19-6-10-25-22-20(19)7-11-26-22/h5-7,10-11,14,16,24H,4,8-9,12-13,15H2,1-3H3,(H,25,26)/q-1/b18-5-,21-14+,27-17+/t16-/m1/s1. The number of rotatable bonds is 7. The summed E-state index contributed by atoms with van der Waals surface area (Å²) in [5.41, 5.74) is 3.73. The van der Waals surface area contributed by atoms with E-state index in [-0.39, 0.29) is 6.04 Å². The molecule has 1 saturated heterocycles. The van der Waals surface area contributed by atoms with E-state index in [1.165, 1.54) is 0 Å². The molecular formula is C23H30N5O2S-. The van der Waals surface area contributed by atoms with E-state index in [9.17, 15) is 4.21 Å². The van der Waals surface area contributed by atoms with E-state index in [0.717, 1.165) is 59.5 Å². The molecule has 1 atom stereocenters. The normalized spacial score (nSPS) is 22.4. The third-order valence-electron chi connectivity index (χ3n) is 6.09. The molecule has 31 heavy (non-hydrogen) atoms. The number of morpholine rings is 1. The Morgan fingerprint density at radius 1 is 1.48 bits per heavy atom. The zero-order valence-corrected chi connectivity index (χ0v) is 19.2. The van der Waals surface area contributed by atoms with E-state index in [2.05, 4.69) is 40.9 Å². The number of pyridine rings is 1. The molecule has 8 heteroatoms. The minimum Gasteiger partial charge on any atom is -0.444 e. The second kappa shape index (κ2) is 8.96. The third-order valence-corrected chi connectivity index (χ3v) is 7.44. The topological polar surface area (TPSA) is 94.4 Å². The Hall–Kier alpha value is -2.45. The van der Waals surface area contributed by atoms with E-state index in [1.54, 1.807) is 6.20 Å². The Morgan fingerprint density at radius 3 is 2.97 bits per heavy atom. The van der Waals surface area contributed by atoms with Crippen LogP contribution in [0.15, 0.2) is 53.1 Å². The van der Waals surface area contributed by atoms with Crippen molar-refractivity contribution in [3.05, 3.63) is 53.6 Å². The van der Waals surface area contributed by atoms with Gasteiger partial charge in [0.2, 0.25) is 0 Å². The Labute approximate surface area is 185 Å². The lowest BCUT2D eigenvalue weighted by Crippen LogP contribution is -2.42. The first kappa shape index (κ1) is 21.8. The molecule has 0 bridgehead atoms. The van der Waals surface area contributed by atoms with Gasteiger partial charge >= 0.3 is 0 Å². The molecule has 2 aliphatic rings. The largest absolute Gasteiger partial charge is 0.444 e. The quantitative estimate of drug-likeness (QED) is 0.376. The van der Waals surface area contributed by atoms with Crippen molar-refractivity contribution in [2.45, 2.75) is 50.8 Å². The minimum atomic E-state index is -1.66. The highest BCUT2D eigenvalue weighted by Gasteiger charge is 2.39. The highest BCUT2D eigenvalue weighted by Crippen LogP contribution is 2.47. The second-order valence-corrected chi connectivity index (χ2v) is 9.57. The van der Waals surface area contributed by atoms with Gasteiger partial charge in [-0.15, -0.1) is 0 Å². The second-order valence-electron chi connectivity index (χ2n) is 8.25. The van der Waals surface area contributed by atoms with Crippen LogP contribution in [0, 0.1) is 4.78 Å². The summed E-state index contributed by atoms with van der Waals surface area (Å²) in [6.45, 7) is 8.26. The molecule has 0 spiro atoms. The molecule has 2 N–H and O–H groups in total. The van der Waals surface area contributed by atoms with Crippen LogP contribution in [0.4, 0.5) is 0 Å². The number of aromatic nitrogens is 2. The van der Waals surface area contributed by atoms with Gasteiger partial charge in [-0.25, -0.2) is 9.98 Å². The van der Waals surface area contributed by atoms with Crippen molar-refractivity contribution in [1.29, 1.82) is 4.78 Å². The summed E-state index contributed by atoms with van der Waals surface area (Å²) < 4.78 is 25.3. The van der Waals surface area contributed by atoms with E-state index in [4.69, 9.17) is 14.5 Å². The van der Waals surface area contributed by atoms with E-state index < -0.39 is 15.3 Å². The lowest BCUT2D eigenvalue weighted by molar-refractivity contribution is 0.0164. The maximum absolute atomic E-state index is 12.3. The molecule has 2 fully saturated rings. The average molecular weight is 441 g/mol. The molecule has 2 aromatic rings. The van der Waals surface area contributed by atoms with Crippen LogP contribution in [0.5, 0.6) is 0 Å². The van der Waals surface area contributed by atoms with Crippen molar-refractivity contribution < 1.29 is 8.95 Å². The number of fused-ring (bicyclic) bond motifs is 1. The van der Waals surface area contributed by atoms with Crippen LogP contribution in [0.25, 0.3) is 11.0 Å². The molecule has 0 unspecified atom stereocenters. The molecule has 2 aromatic heterocycles. The number of nitrogens with one attached hydrogen (secondary N) is 2. The predicted molar refractivity (Wildman–Crippen MR) is 124 cm³/mol. The predicted octanol–water partition coefficient (Wildman–Crippen LogP) is 4.53. The van der Waals surface area contributed by atoms with Gasteiger partial charge in [-0.05, 0) is 43.2 Å². The Bertz CT molecular complexity index is 1120. The molecule has 1 saturated carbocycles. The fraction of sp³-hybridized carbons (Fsp3) is 0.478. The highest BCUT2D eigenvalue weighted by atomic mass is 32.2. The molecule has 1 aliphatic heterocycles. The maximum Gasteiger partial charge on any atom is 0.137 e. The van der Waals surface area contributed by atoms with Crippen molar-refractivity contribution in [3.8, 4) is 0 Å². The molecular weight excluding hydrogens is 410 g/mol. The first-order chi connectivity index (χ1) is 15.0. The Kier molecular flexibility index (Phi) is 6.29. The summed E-state index contributed by atoms with van der Waals surface area (Å²) in [6, 6.07) is 4.18. The van der Waals surface area contributed by atoms with Gasteiger partial charge in [0.15, 0.2) is 0 Å². The van der Waals surface area contributed by atoms with Crippen LogP contribution in [-0.2, 0) is 19.5 Å². The zero-order chi connectivity index (χ0) is 22.0. The van der Waals surface area contributed by atoms with Crippen LogP contribution in [0.3, 0.4) is 0 Å². The van der Waals surface area contributed by atoms with Crippen molar-refractivity contribution in [3.63, 3.8) is 0 Å². The van der Waals surface area contributed by atoms with Crippen molar-refractivity contribution in [2.24, 2.45) is 4.99 Å². The van der Waals surface area contributed by atoms with Gasteiger partial charge in [-0.3, -0.25) is 0 Å². The number of hydrogen-bond donors (Lipinski definition) is 2. The monoisotopic (exact) mass is 440 g/mol. The van der Waals surface area contributed by atoms with Crippen molar-refractivity contribution in [1.82, 2.24) is 14.9 Å². The smallest absolute Gasteiger partial charge is 0.137 e. The SMILES string of the molecule is CC/C=C(/C=C(\N=C(/C)c1ccnc2[nH]ccc12)N1CCOC[C@H]1C)C1([S-](=N)=O)CC1. The summed E-state index contributed by atoms with van der Waals surface area (Å²) in [5.74, 6) is 0.838. The molecule has 166 valence electrons. The number of allylic oxidation sites excluding steroid dienone is 2. The van der Waals surface area contributed by atoms with Crippen molar-refractivity contribution >= 4 is 27.3 Å². The van der Waals surface area contributed by atoms with E-state index in [1.807, 2.05) is 25.3 Å². The van der Waals surface area contributed by atoms with E-state index in [0.29, 0.717) is 13.2 Å². The number of nitrogens with zero attached hydrogens (tertiary/aromatic N) is 3. The van der Waals surface area contributed by atoms with Gasteiger partial charge in [-0.1, -0.05) is 31.4 Å². The average Bonchev–Trinajstić information content (AvgIpc) is 3.43. The lowest BCUT2D eigenvalue weighted by Gasteiger charge is -2.36. The summed E-state index contributed by atoms with van der Waals surface area (Å²) in [5, 5.41) is 1.04. The first-order valence-electron chi connectivity index (χ1n) is 10.8. The number of ether oxygens (including phenoxy) is 1. The third kappa shape index (κ3) is 4.32. The molecule has 0 aromatic carbocycles. The molecule has 1 aliphatic carbocycles. The summed E-state index contributed by atoms with van der Waals surface area (Å²) in [6.07, 6.45) is 10.2. The fourth-order valence-electron chi connectivity index (χ4n) is 4.19. The highest BCUT2D eigenvalue weighted by molar-refractivity contribution is 7.75. The van der Waals surface area contributed by atoms with Crippen LogP contribution >= 0.6 is 0 Å². The molecule has 0 amide bonds. The zero-order valence-electron chi connectivity index (χ0n) is 18.4.